The van der Waals surface area contributed by atoms with Crippen molar-refractivity contribution >= 4 is 16.9 Å². The molecule has 1 aromatic carbocycles. The van der Waals surface area contributed by atoms with Crippen LogP contribution in [0.25, 0.3) is 10.9 Å². The molecule has 1 fully saturated rings. The third kappa shape index (κ3) is 4.68. The number of carboxylic acids is 1. The first-order chi connectivity index (χ1) is 17.8. The number of fused-ring (bicyclic) bond motifs is 3. The fraction of sp³-hybridized carbons (Fsp3) is 0.500. The van der Waals surface area contributed by atoms with Crippen molar-refractivity contribution in [3.05, 3.63) is 60.0 Å². The largest absolute Gasteiger partial charge is 0.478 e. The van der Waals surface area contributed by atoms with E-state index >= 15 is 0 Å². The highest BCUT2D eigenvalue weighted by Gasteiger charge is 2.48. The van der Waals surface area contributed by atoms with Gasteiger partial charge in [-0.1, -0.05) is 24.3 Å². The molecule has 1 aromatic heterocycles. The molecule has 11 nitrogen and oxygen atoms in total. The van der Waals surface area contributed by atoms with Crippen molar-refractivity contribution in [3.8, 4) is 0 Å². The lowest BCUT2D eigenvalue weighted by Gasteiger charge is -2.43. The monoisotopic (exact) mass is 516 g/mol. The second-order valence-corrected chi connectivity index (χ2v) is 9.69. The van der Waals surface area contributed by atoms with Crippen molar-refractivity contribution in [3.63, 3.8) is 0 Å². The SMILES string of the molecule is C=C[C@H]1[C@H](O[C@@H]2O[C@H](CO)[C@@H](O)[C@H](O)[C@H]2O)OC=C(C(=O)O)[C@@H]1C[C@@H]1NCCc2c1[nH]c1ccccc21. The number of aliphatic hydroxyl groups is 4. The highest BCUT2D eigenvalue weighted by atomic mass is 16.8. The van der Waals surface area contributed by atoms with Crippen LogP contribution in [0.1, 0.15) is 23.7 Å². The van der Waals surface area contributed by atoms with Crippen LogP contribution in [0.4, 0.5) is 0 Å². The molecule has 0 aliphatic carbocycles. The maximum Gasteiger partial charge on any atom is 0.334 e. The zero-order chi connectivity index (χ0) is 26.3. The van der Waals surface area contributed by atoms with Gasteiger partial charge >= 0.3 is 5.97 Å². The lowest BCUT2D eigenvalue weighted by molar-refractivity contribution is -0.339. The van der Waals surface area contributed by atoms with Gasteiger partial charge in [0.05, 0.1) is 18.4 Å². The summed E-state index contributed by atoms with van der Waals surface area (Å²) in [6, 6.07) is 7.87. The number of hydrogen-bond acceptors (Lipinski definition) is 9. The van der Waals surface area contributed by atoms with Gasteiger partial charge < -0.3 is 50.0 Å². The number of aliphatic hydroxyl groups excluding tert-OH is 4. The Morgan fingerprint density at radius 1 is 1.16 bits per heavy atom. The maximum absolute atomic E-state index is 12.2. The Labute approximate surface area is 213 Å². The van der Waals surface area contributed by atoms with Crippen LogP contribution in [0, 0.1) is 11.8 Å². The Morgan fingerprint density at radius 3 is 2.68 bits per heavy atom. The second kappa shape index (κ2) is 10.5. The van der Waals surface area contributed by atoms with Gasteiger partial charge in [-0.25, -0.2) is 4.79 Å². The average molecular weight is 517 g/mol. The molecule has 3 aliphatic rings. The molecule has 1 saturated heterocycles. The summed E-state index contributed by atoms with van der Waals surface area (Å²) in [6.45, 7) is 4.01. The third-order valence-electron chi connectivity index (χ3n) is 7.59. The van der Waals surface area contributed by atoms with Gasteiger partial charge in [0, 0.05) is 34.5 Å². The number of ether oxygens (including phenoxy) is 3. The lowest BCUT2D eigenvalue weighted by Crippen LogP contribution is -2.60. The van der Waals surface area contributed by atoms with Gasteiger partial charge in [0.1, 0.15) is 24.4 Å². The van der Waals surface area contributed by atoms with Gasteiger partial charge in [0.2, 0.25) is 6.29 Å². The molecule has 0 saturated carbocycles. The van der Waals surface area contributed by atoms with Gasteiger partial charge in [-0.05, 0) is 31.0 Å². The Kier molecular flexibility index (Phi) is 7.37. The van der Waals surface area contributed by atoms with E-state index in [4.69, 9.17) is 14.2 Å². The number of aliphatic carboxylic acids is 1. The summed E-state index contributed by atoms with van der Waals surface area (Å²) in [7, 11) is 0. The van der Waals surface area contributed by atoms with Crippen LogP contribution in [0.3, 0.4) is 0 Å². The molecule has 0 spiro atoms. The molecule has 3 aliphatic heterocycles. The zero-order valence-electron chi connectivity index (χ0n) is 20.1. The molecular weight excluding hydrogens is 484 g/mol. The predicted octanol–water partition coefficient (Wildman–Crippen LogP) is 0.305. The highest BCUT2D eigenvalue weighted by Crippen LogP contribution is 2.41. The van der Waals surface area contributed by atoms with Crippen molar-refractivity contribution in [1.82, 2.24) is 10.3 Å². The molecule has 4 heterocycles. The number of carbonyl (C=O) groups is 1. The number of aromatic nitrogens is 1. The Morgan fingerprint density at radius 2 is 1.95 bits per heavy atom. The van der Waals surface area contributed by atoms with E-state index in [0.717, 1.165) is 35.8 Å². The van der Waals surface area contributed by atoms with Crippen LogP contribution in [0.15, 0.2) is 48.8 Å². The summed E-state index contributed by atoms with van der Waals surface area (Å²) in [5.41, 5.74) is 3.30. The Bertz CT molecular complexity index is 1180. The first kappa shape index (κ1) is 25.9. The Balaban J connectivity index is 1.41. The molecule has 9 atom stereocenters. The highest BCUT2D eigenvalue weighted by molar-refractivity contribution is 5.87. The molecule has 7 N–H and O–H groups in total. The first-order valence-corrected chi connectivity index (χ1v) is 12.3. The number of nitrogens with one attached hydrogen (secondary N) is 2. The van der Waals surface area contributed by atoms with Gasteiger partial charge in [0.15, 0.2) is 6.29 Å². The van der Waals surface area contributed by atoms with Crippen molar-refractivity contribution in [1.29, 1.82) is 0 Å². The fourth-order valence-electron chi connectivity index (χ4n) is 5.64. The van der Waals surface area contributed by atoms with Crippen LogP contribution in [0.5, 0.6) is 0 Å². The summed E-state index contributed by atoms with van der Waals surface area (Å²) in [5.74, 6) is -2.36. The smallest absolute Gasteiger partial charge is 0.334 e. The number of H-pyrrole nitrogens is 1. The summed E-state index contributed by atoms with van der Waals surface area (Å²) < 4.78 is 16.9. The normalized spacial score (nSPS) is 35.9. The van der Waals surface area contributed by atoms with E-state index in [2.05, 4.69) is 22.9 Å². The van der Waals surface area contributed by atoms with Crippen LogP contribution < -0.4 is 5.32 Å². The Hall–Kier alpha value is -2.77. The first-order valence-electron chi connectivity index (χ1n) is 12.3. The summed E-state index contributed by atoms with van der Waals surface area (Å²) >= 11 is 0. The molecule has 11 heteroatoms. The van der Waals surface area contributed by atoms with Crippen molar-refractivity contribution in [2.45, 2.75) is 55.9 Å². The van der Waals surface area contributed by atoms with Gasteiger partial charge in [-0.15, -0.1) is 6.58 Å². The number of rotatable bonds is 7. The zero-order valence-corrected chi connectivity index (χ0v) is 20.1. The van der Waals surface area contributed by atoms with Crippen LogP contribution in [-0.4, -0.2) is 86.6 Å². The average Bonchev–Trinajstić information content (AvgIpc) is 3.28. The van der Waals surface area contributed by atoms with Crippen LogP contribution in [0.2, 0.25) is 0 Å². The lowest BCUT2D eigenvalue weighted by atomic mass is 9.78. The molecular formula is C26H32N2O9. The van der Waals surface area contributed by atoms with Gasteiger partial charge in [-0.3, -0.25) is 0 Å². The molecule has 2 aromatic rings. The van der Waals surface area contributed by atoms with E-state index in [1.54, 1.807) is 6.08 Å². The second-order valence-electron chi connectivity index (χ2n) is 9.69. The summed E-state index contributed by atoms with van der Waals surface area (Å²) in [5, 5.41) is 54.6. The van der Waals surface area contributed by atoms with Crippen LogP contribution in [-0.2, 0) is 25.4 Å². The quantitative estimate of drug-likeness (QED) is 0.254. The van der Waals surface area contributed by atoms with Crippen molar-refractivity contribution in [2.24, 2.45) is 11.8 Å². The summed E-state index contributed by atoms with van der Waals surface area (Å²) in [6.07, 6.45) is -4.53. The molecule has 0 radical (unpaired) electrons. The minimum Gasteiger partial charge on any atom is -0.478 e. The van der Waals surface area contributed by atoms with E-state index < -0.39 is 61.4 Å². The molecule has 200 valence electrons. The summed E-state index contributed by atoms with van der Waals surface area (Å²) in [4.78, 5) is 15.6. The molecule has 0 amide bonds. The number of carboxylic acid groups (broad SMARTS) is 1. The molecule has 0 unspecified atom stereocenters. The number of hydrogen-bond donors (Lipinski definition) is 7. The fourth-order valence-corrected chi connectivity index (χ4v) is 5.64. The number of para-hydroxylation sites is 1. The van der Waals surface area contributed by atoms with Crippen LogP contribution >= 0.6 is 0 Å². The van der Waals surface area contributed by atoms with E-state index in [1.165, 1.54) is 5.56 Å². The topological polar surface area (TPSA) is 174 Å². The van der Waals surface area contributed by atoms with Gasteiger partial charge in [0.25, 0.3) is 0 Å². The van der Waals surface area contributed by atoms with Crippen molar-refractivity contribution in [2.75, 3.05) is 13.2 Å². The van der Waals surface area contributed by atoms with E-state index in [0.29, 0.717) is 6.42 Å². The molecule has 0 bridgehead atoms. The standard InChI is InChI=1S/C26H32N2O9/c1-2-12-15(9-18-20-14(7-8-27-18)13-5-3-4-6-17(13)28-20)16(24(33)34)11-35-25(12)37-26-23(32)22(31)21(30)19(10-29)36-26/h2-6,11-12,15,18-19,21-23,25-32H,1,7-10H2,(H,33,34)/t12-,15-,18+,19-,21-,22+,23-,25+,26+/m1/s1. The molecule has 37 heavy (non-hydrogen) atoms. The number of benzene rings is 1. The predicted molar refractivity (Wildman–Crippen MR) is 130 cm³/mol. The van der Waals surface area contributed by atoms with E-state index in [9.17, 15) is 30.3 Å². The minimum atomic E-state index is -1.62. The van der Waals surface area contributed by atoms with E-state index in [1.807, 2.05) is 18.2 Å². The molecule has 5 rings (SSSR count). The van der Waals surface area contributed by atoms with Gasteiger partial charge in [-0.2, -0.15) is 0 Å². The van der Waals surface area contributed by atoms with E-state index in [-0.39, 0.29) is 11.6 Å². The minimum absolute atomic E-state index is 0.0589. The maximum atomic E-state index is 12.2. The van der Waals surface area contributed by atoms with Crippen molar-refractivity contribution < 1.29 is 44.5 Å². The third-order valence-corrected chi connectivity index (χ3v) is 7.59. The number of aromatic amines is 1.